The third kappa shape index (κ3) is 3.50. The van der Waals surface area contributed by atoms with Crippen LogP contribution in [0.5, 0.6) is 0 Å². The second-order valence-corrected chi connectivity index (χ2v) is 7.54. The number of alkyl halides is 1. The minimum atomic E-state index is -0.0367. The van der Waals surface area contributed by atoms with Crippen molar-refractivity contribution in [1.29, 1.82) is 0 Å². The molecule has 2 amide bonds. The van der Waals surface area contributed by atoms with E-state index in [9.17, 15) is 4.79 Å². The Morgan fingerprint density at radius 3 is 2.74 bits per heavy atom. The van der Waals surface area contributed by atoms with Gasteiger partial charge in [-0.3, -0.25) is 0 Å². The van der Waals surface area contributed by atoms with E-state index in [1.165, 1.54) is 11.1 Å². The summed E-state index contributed by atoms with van der Waals surface area (Å²) in [4.78, 5) is 13.6. The topological polar surface area (TPSA) is 32.3 Å². The number of hydrogen-bond acceptors (Lipinski definition) is 1. The zero-order chi connectivity index (χ0) is 14.2. The quantitative estimate of drug-likeness (QED) is 0.796. The summed E-state index contributed by atoms with van der Waals surface area (Å²) in [7, 11) is 1.81. The molecule has 19 heavy (non-hydrogen) atoms. The number of nitrogens with one attached hydrogen (secondary N) is 1. The minimum Gasteiger partial charge on any atom is -0.323 e. The fourth-order valence-corrected chi connectivity index (χ4v) is 3.51. The molecule has 0 saturated carbocycles. The first-order chi connectivity index (χ1) is 8.76. The van der Waals surface area contributed by atoms with Gasteiger partial charge in [0, 0.05) is 24.1 Å². The van der Waals surface area contributed by atoms with E-state index in [-0.39, 0.29) is 11.4 Å². The number of benzene rings is 1. The van der Waals surface area contributed by atoms with E-state index in [2.05, 4.69) is 54.2 Å². The molecule has 1 N–H and O–H groups in total. The highest BCUT2D eigenvalue weighted by Gasteiger charge is 2.22. The van der Waals surface area contributed by atoms with Crippen molar-refractivity contribution in [2.45, 2.75) is 38.6 Å². The molecular formula is C15H21BrN2O. The second kappa shape index (κ2) is 5.16. The number of carbonyl (C=O) groups excluding carboxylic acids is 1. The van der Waals surface area contributed by atoms with E-state index in [0.717, 1.165) is 12.1 Å². The number of carbonyl (C=O) groups is 1. The van der Waals surface area contributed by atoms with Crippen molar-refractivity contribution in [1.82, 2.24) is 4.90 Å². The lowest BCUT2D eigenvalue weighted by atomic mass is 9.88. The molecule has 1 heterocycles. The monoisotopic (exact) mass is 324 g/mol. The Bertz CT molecular complexity index is 493. The van der Waals surface area contributed by atoms with E-state index in [1.807, 2.05) is 13.1 Å². The highest BCUT2D eigenvalue weighted by molar-refractivity contribution is 9.09. The molecular weight excluding hydrogens is 304 g/mol. The number of urea groups is 1. The molecule has 0 saturated heterocycles. The largest absolute Gasteiger partial charge is 0.323 e. The van der Waals surface area contributed by atoms with Crippen LogP contribution in [0.25, 0.3) is 0 Å². The summed E-state index contributed by atoms with van der Waals surface area (Å²) in [6.45, 7) is 7.40. The molecule has 1 atom stereocenters. The lowest BCUT2D eigenvalue weighted by Gasteiger charge is -2.28. The lowest BCUT2D eigenvalue weighted by molar-refractivity contribution is 0.218. The van der Waals surface area contributed by atoms with E-state index in [4.69, 9.17) is 0 Å². The van der Waals surface area contributed by atoms with Crippen LogP contribution in [-0.4, -0.2) is 18.0 Å². The number of nitrogens with zero attached hydrogens (tertiary/aromatic N) is 1. The molecule has 2 rings (SSSR count). The molecule has 0 bridgehead atoms. The molecule has 0 radical (unpaired) electrons. The summed E-state index contributed by atoms with van der Waals surface area (Å²) in [6.07, 6.45) is 1.08. The van der Waals surface area contributed by atoms with Gasteiger partial charge in [-0.05, 0) is 29.0 Å². The van der Waals surface area contributed by atoms with Crippen LogP contribution in [-0.2, 0) is 6.54 Å². The Balaban J connectivity index is 2.22. The number of rotatable bonds is 2. The first-order valence-electron chi connectivity index (χ1n) is 6.55. The molecule has 104 valence electrons. The average Bonchev–Trinajstić information content (AvgIpc) is 2.27. The third-order valence-electron chi connectivity index (χ3n) is 3.28. The Labute approximate surface area is 123 Å². The van der Waals surface area contributed by atoms with E-state index >= 15 is 0 Å². The third-order valence-corrected chi connectivity index (χ3v) is 4.13. The van der Waals surface area contributed by atoms with Crippen molar-refractivity contribution in [3.05, 3.63) is 29.3 Å². The van der Waals surface area contributed by atoms with Gasteiger partial charge >= 0.3 is 6.03 Å². The number of halogens is 1. The summed E-state index contributed by atoms with van der Waals surface area (Å²) >= 11 is 3.78. The summed E-state index contributed by atoms with van der Waals surface area (Å²) in [5.74, 6) is 0. The van der Waals surface area contributed by atoms with Gasteiger partial charge < -0.3 is 10.2 Å². The zero-order valence-corrected chi connectivity index (χ0v) is 13.5. The van der Waals surface area contributed by atoms with Crippen LogP contribution in [0.1, 0.15) is 43.1 Å². The van der Waals surface area contributed by atoms with Gasteiger partial charge in [0.1, 0.15) is 0 Å². The van der Waals surface area contributed by atoms with Gasteiger partial charge in [0.2, 0.25) is 0 Å². The number of amides is 2. The first-order valence-corrected chi connectivity index (χ1v) is 7.47. The Kier molecular flexibility index (Phi) is 3.90. The van der Waals surface area contributed by atoms with Crippen molar-refractivity contribution >= 4 is 27.6 Å². The SMILES string of the molecule is CN1Cc2cc(C(Br)CC(C)(C)C)ccc2NC1=O. The fourth-order valence-electron chi connectivity index (χ4n) is 2.25. The number of anilines is 1. The van der Waals surface area contributed by atoms with Crippen LogP contribution in [0.15, 0.2) is 18.2 Å². The van der Waals surface area contributed by atoms with Crippen molar-refractivity contribution in [2.75, 3.05) is 12.4 Å². The molecule has 1 aliphatic heterocycles. The van der Waals surface area contributed by atoms with Crippen LogP contribution in [0.2, 0.25) is 0 Å². The number of hydrogen-bond donors (Lipinski definition) is 1. The summed E-state index contributed by atoms with van der Waals surface area (Å²) in [5.41, 5.74) is 3.67. The van der Waals surface area contributed by atoms with Crippen LogP contribution in [0.4, 0.5) is 10.5 Å². The van der Waals surface area contributed by atoms with E-state index in [0.29, 0.717) is 11.4 Å². The van der Waals surface area contributed by atoms with E-state index in [1.54, 1.807) is 4.90 Å². The normalized spacial score (nSPS) is 16.9. The summed E-state index contributed by atoms with van der Waals surface area (Å²) in [6, 6.07) is 6.25. The van der Waals surface area contributed by atoms with Gasteiger partial charge in [-0.25, -0.2) is 4.79 Å². The van der Waals surface area contributed by atoms with Crippen LogP contribution in [0, 0.1) is 5.41 Å². The molecule has 0 spiro atoms. The van der Waals surface area contributed by atoms with Gasteiger partial charge in [0.05, 0.1) is 0 Å². The summed E-state index contributed by atoms with van der Waals surface area (Å²) in [5, 5.41) is 2.90. The maximum atomic E-state index is 11.6. The Morgan fingerprint density at radius 1 is 1.42 bits per heavy atom. The second-order valence-electron chi connectivity index (χ2n) is 6.44. The molecule has 1 aliphatic rings. The zero-order valence-electron chi connectivity index (χ0n) is 12.0. The van der Waals surface area contributed by atoms with Crippen molar-refractivity contribution in [3.63, 3.8) is 0 Å². The average molecular weight is 325 g/mol. The van der Waals surface area contributed by atoms with Crippen molar-refractivity contribution in [3.8, 4) is 0 Å². The smallest absolute Gasteiger partial charge is 0.321 e. The molecule has 3 nitrogen and oxygen atoms in total. The van der Waals surface area contributed by atoms with E-state index < -0.39 is 0 Å². The fraction of sp³-hybridized carbons (Fsp3) is 0.533. The van der Waals surface area contributed by atoms with Crippen LogP contribution >= 0.6 is 15.9 Å². The highest BCUT2D eigenvalue weighted by atomic mass is 79.9. The van der Waals surface area contributed by atoms with Crippen molar-refractivity contribution < 1.29 is 4.79 Å². The Morgan fingerprint density at radius 2 is 2.11 bits per heavy atom. The standard InChI is InChI=1S/C15H21BrN2O/c1-15(2,3)8-12(16)10-5-6-13-11(7-10)9-18(4)14(19)17-13/h5-7,12H,8-9H2,1-4H3,(H,17,19). The maximum absolute atomic E-state index is 11.6. The highest BCUT2D eigenvalue weighted by Crippen LogP contribution is 2.37. The predicted molar refractivity (Wildman–Crippen MR) is 82.7 cm³/mol. The van der Waals surface area contributed by atoms with Gasteiger partial charge in [-0.15, -0.1) is 0 Å². The Hall–Kier alpha value is -1.03. The van der Waals surface area contributed by atoms with Gasteiger partial charge in [0.25, 0.3) is 0 Å². The molecule has 4 heteroatoms. The molecule has 0 aromatic heterocycles. The van der Waals surface area contributed by atoms with Crippen molar-refractivity contribution in [2.24, 2.45) is 5.41 Å². The molecule has 0 aliphatic carbocycles. The first kappa shape index (κ1) is 14.4. The van der Waals surface area contributed by atoms with Crippen LogP contribution < -0.4 is 5.32 Å². The molecule has 0 fully saturated rings. The lowest BCUT2D eigenvalue weighted by Crippen LogP contribution is -2.35. The van der Waals surface area contributed by atoms with Gasteiger partial charge in [-0.2, -0.15) is 0 Å². The molecule has 1 unspecified atom stereocenters. The maximum Gasteiger partial charge on any atom is 0.321 e. The molecule has 1 aromatic carbocycles. The van der Waals surface area contributed by atoms with Gasteiger partial charge in [-0.1, -0.05) is 48.8 Å². The minimum absolute atomic E-state index is 0.0367. The summed E-state index contributed by atoms with van der Waals surface area (Å²) < 4.78 is 0. The number of fused-ring (bicyclic) bond motifs is 1. The molecule has 1 aromatic rings. The predicted octanol–water partition coefficient (Wildman–Crippen LogP) is 4.54. The van der Waals surface area contributed by atoms with Crippen LogP contribution in [0.3, 0.4) is 0 Å². The van der Waals surface area contributed by atoms with Gasteiger partial charge in [0.15, 0.2) is 0 Å².